The van der Waals surface area contributed by atoms with E-state index in [1.165, 1.54) is 18.2 Å². The van der Waals surface area contributed by atoms with Crippen molar-refractivity contribution < 1.29 is 24.5 Å². The molecule has 4 atom stereocenters. The first-order valence-electron chi connectivity index (χ1n) is 9.39. The van der Waals surface area contributed by atoms with Gasteiger partial charge in [-0.15, -0.1) is 0 Å². The maximum absolute atomic E-state index is 13.0. The molecule has 1 saturated heterocycles. The molecule has 0 spiro atoms. The second kappa shape index (κ2) is 5.24. The summed E-state index contributed by atoms with van der Waals surface area (Å²) < 4.78 is 5.97. The first kappa shape index (κ1) is 17.4. The van der Waals surface area contributed by atoms with Gasteiger partial charge in [0.05, 0.1) is 11.0 Å². The van der Waals surface area contributed by atoms with Crippen LogP contribution in [0.1, 0.15) is 63.2 Å². The minimum atomic E-state index is -0.809. The average Bonchev–Trinajstić information content (AvgIpc) is 2.66. The van der Waals surface area contributed by atoms with Crippen molar-refractivity contribution in [3.63, 3.8) is 0 Å². The molecule has 5 heteroatoms. The van der Waals surface area contributed by atoms with Crippen LogP contribution in [0.3, 0.4) is 0 Å². The smallest absolute Gasteiger partial charge is 0.313 e. The van der Waals surface area contributed by atoms with E-state index in [9.17, 15) is 19.8 Å². The van der Waals surface area contributed by atoms with Crippen molar-refractivity contribution >= 4 is 11.8 Å². The van der Waals surface area contributed by atoms with Crippen molar-refractivity contribution in [1.82, 2.24) is 0 Å². The molecule has 3 fully saturated rings. The van der Waals surface area contributed by atoms with Gasteiger partial charge in [0.1, 0.15) is 17.1 Å². The van der Waals surface area contributed by atoms with E-state index in [1.807, 2.05) is 6.92 Å². The van der Waals surface area contributed by atoms with Crippen molar-refractivity contribution in [3.05, 3.63) is 23.8 Å². The van der Waals surface area contributed by atoms with E-state index in [1.54, 1.807) is 0 Å². The lowest BCUT2D eigenvalue weighted by molar-refractivity contribution is -0.163. The van der Waals surface area contributed by atoms with E-state index in [-0.39, 0.29) is 46.6 Å². The number of benzene rings is 1. The molecule has 1 aromatic carbocycles. The molecule has 5 nitrogen and oxygen atoms in total. The third kappa shape index (κ3) is 2.15. The van der Waals surface area contributed by atoms with Crippen molar-refractivity contribution in [2.75, 3.05) is 0 Å². The molecule has 3 aliphatic rings. The minimum absolute atomic E-state index is 0.0241. The van der Waals surface area contributed by atoms with Crippen molar-refractivity contribution in [2.24, 2.45) is 22.7 Å². The van der Waals surface area contributed by atoms with Gasteiger partial charge < -0.3 is 14.9 Å². The Morgan fingerprint density at radius 2 is 1.85 bits per heavy atom. The summed E-state index contributed by atoms with van der Waals surface area (Å²) in [6, 6.07) is 3.90. The molecule has 1 aliphatic heterocycles. The van der Waals surface area contributed by atoms with Crippen molar-refractivity contribution in [2.45, 2.75) is 58.5 Å². The van der Waals surface area contributed by atoms with Crippen LogP contribution in [-0.4, -0.2) is 27.6 Å². The summed E-state index contributed by atoms with van der Waals surface area (Å²) in [7, 11) is 0. The number of hydrogen-bond donors (Lipinski definition) is 2. The Bertz CT molecular complexity index is 798. The molecule has 1 aromatic rings. The number of ether oxygens (including phenoxy) is 1. The van der Waals surface area contributed by atoms with Crippen LogP contribution in [0.25, 0.3) is 0 Å². The van der Waals surface area contributed by atoms with Gasteiger partial charge in [0.15, 0.2) is 5.78 Å². The Balaban J connectivity index is 1.70. The minimum Gasteiger partial charge on any atom is -0.508 e. The molecule has 1 unspecified atom stereocenters. The Morgan fingerprint density at radius 3 is 2.58 bits per heavy atom. The van der Waals surface area contributed by atoms with Gasteiger partial charge in [0.2, 0.25) is 0 Å². The van der Waals surface area contributed by atoms with Crippen LogP contribution in [0, 0.1) is 22.7 Å². The third-order valence-corrected chi connectivity index (χ3v) is 7.43. The highest BCUT2D eigenvalue weighted by Gasteiger charge is 2.71. The Morgan fingerprint density at radius 1 is 1.15 bits per heavy atom. The van der Waals surface area contributed by atoms with Crippen LogP contribution in [0.5, 0.6) is 11.5 Å². The van der Waals surface area contributed by atoms with E-state index >= 15 is 0 Å². The quantitative estimate of drug-likeness (QED) is 0.487. The van der Waals surface area contributed by atoms with Gasteiger partial charge in [-0.05, 0) is 56.2 Å². The Labute approximate surface area is 153 Å². The molecule has 1 heterocycles. The van der Waals surface area contributed by atoms with Crippen molar-refractivity contribution in [1.29, 1.82) is 0 Å². The lowest BCUT2D eigenvalue weighted by Crippen LogP contribution is -2.57. The molecule has 26 heavy (non-hydrogen) atoms. The third-order valence-electron chi connectivity index (χ3n) is 7.43. The van der Waals surface area contributed by atoms with Crippen LogP contribution in [-0.2, 0) is 9.53 Å². The van der Waals surface area contributed by atoms with Gasteiger partial charge in [-0.1, -0.05) is 13.8 Å². The summed E-state index contributed by atoms with van der Waals surface area (Å²) in [5.74, 6) is -0.501. The zero-order valence-electron chi connectivity index (χ0n) is 15.5. The molecule has 4 rings (SSSR count). The van der Waals surface area contributed by atoms with Crippen LogP contribution in [0.2, 0.25) is 0 Å². The number of rotatable bonds is 3. The van der Waals surface area contributed by atoms with E-state index in [0.29, 0.717) is 12.3 Å². The summed E-state index contributed by atoms with van der Waals surface area (Å²) >= 11 is 0. The van der Waals surface area contributed by atoms with Gasteiger partial charge >= 0.3 is 5.97 Å². The molecule has 0 radical (unpaired) electrons. The number of esters is 1. The molecule has 0 aromatic heterocycles. The Kier molecular flexibility index (Phi) is 3.50. The highest BCUT2D eigenvalue weighted by Crippen LogP contribution is 2.67. The topological polar surface area (TPSA) is 83.8 Å². The second-order valence-corrected chi connectivity index (χ2v) is 9.20. The Hall–Kier alpha value is -2.04. The number of hydrogen-bond acceptors (Lipinski definition) is 5. The average molecular weight is 358 g/mol. The standard InChI is InChI=1S/C21H26O5/c1-19(2)8-6-17-20(3)16(19)7-9-21(17,18(25)26-20)11-15(24)13-10-12(22)4-5-14(13)23/h4-5,10,16-17,22-23H,6-9,11H2,1-3H3/t16-,17-,20+,21?/m0/s1. The highest BCUT2D eigenvalue weighted by molar-refractivity contribution is 6.02. The summed E-state index contributed by atoms with van der Waals surface area (Å²) in [4.78, 5) is 25.9. The van der Waals surface area contributed by atoms with Crippen LogP contribution >= 0.6 is 0 Å². The zero-order chi connectivity index (χ0) is 18.9. The lowest BCUT2D eigenvalue weighted by atomic mass is 9.47. The predicted molar refractivity (Wildman–Crippen MR) is 94.9 cm³/mol. The maximum Gasteiger partial charge on any atom is 0.313 e. The molecule has 2 N–H and O–H groups in total. The fourth-order valence-corrected chi connectivity index (χ4v) is 6.18. The largest absolute Gasteiger partial charge is 0.508 e. The molecular formula is C21H26O5. The number of phenols is 2. The fraction of sp³-hybridized carbons (Fsp3) is 0.619. The van der Waals surface area contributed by atoms with E-state index in [4.69, 9.17) is 4.74 Å². The summed E-state index contributed by atoms with van der Waals surface area (Å²) in [6.07, 6.45) is 3.42. The summed E-state index contributed by atoms with van der Waals surface area (Å²) in [5, 5.41) is 19.7. The second-order valence-electron chi connectivity index (χ2n) is 9.20. The number of carbonyl (C=O) groups is 2. The van der Waals surface area contributed by atoms with E-state index in [2.05, 4.69) is 13.8 Å². The number of Topliss-reactive ketones (excluding diaryl/α,β-unsaturated/α-hetero) is 1. The molecule has 2 aliphatic carbocycles. The van der Waals surface area contributed by atoms with Gasteiger partial charge in [0.25, 0.3) is 0 Å². The molecular weight excluding hydrogens is 332 g/mol. The normalized spacial score (nSPS) is 37.3. The monoisotopic (exact) mass is 358 g/mol. The van der Waals surface area contributed by atoms with Gasteiger partial charge in [-0.2, -0.15) is 0 Å². The van der Waals surface area contributed by atoms with Crippen molar-refractivity contribution in [3.8, 4) is 11.5 Å². The van der Waals surface area contributed by atoms with E-state index < -0.39 is 11.0 Å². The summed E-state index contributed by atoms with van der Waals surface area (Å²) in [5.41, 5.74) is -1.14. The van der Waals surface area contributed by atoms with Gasteiger partial charge in [0, 0.05) is 18.3 Å². The van der Waals surface area contributed by atoms with Gasteiger partial charge in [-0.3, -0.25) is 9.59 Å². The number of carbonyl (C=O) groups excluding carboxylic acids is 2. The molecule has 4 bridgehead atoms. The number of phenolic OH excluding ortho intramolecular Hbond substituents is 2. The zero-order valence-corrected chi connectivity index (χ0v) is 15.5. The maximum atomic E-state index is 13.0. The SMILES string of the molecule is CC1(C)CC[C@@H]2C3(CC(=O)c4cc(O)ccc4O)CC[C@@H]1[C@@]2(C)OC3=O. The molecule has 2 saturated carbocycles. The lowest BCUT2D eigenvalue weighted by Gasteiger charge is -2.56. The summed E-state index contributed by atoms with van der Waals surface area (Å²) in [6.45, 7) is 6.53. The first-order valence-corrected chi connectivity index (χ1v) is 9.39. The highest BCUT2D eigenvalue weighted by atomic mass is 16.6. The predicted octanol–water partition coefficient (Wildman–Crippen LogP) is 3.82. The van der Waals surface area contributed by atoms with Crippen LogP contribution < -0.4 is 0 Å². The molecule has 0 amide bonds. The van der Waals surface area contributed by atoms with Crippen LogP contribution in [0.15, 0.2) is 18.2 Å². The first-order chi connectivity index (χ1) is 12.1. The van der Waals surface area contributed by atoms with E-state index in [0.717, 1.165) is 19.3 Å². The fourth-order valence-electron chi connectivity index (χ4n) is 6.18. The number of aromatic hydroxyl groups is 2. The number of ketones is 1. The van der Waals surface area contributed by atoms with Gasteiger partial charge in [-0.25, -0.2) is 0 Å². The molecule has 140 valence electrons. The van der Waals surface area contributed by atoms with Crippen LogP contribution in [0.4, 0.5) is 0 Å².